The standard InChI is InChI=1S/C17H22Cl3NO5S2/c1-21(2,4-3-7-28(23,24)25)5-6-26-10-11-8-14(22)15-16(20)12(18)9-13(19)17(15)27-11/h9,11H,3-8,10H2,1-2H3. The highest BCUT2D eigenvalue weighted by atomic mass is 35.5. The average molecular weight is 491 g/mol. The number of benzene rings is 1. The Labute approximate surface area is 184 Å². The van der Waals surface area contributed by atoms with Gasteiger partial charge in [0.15, 0.2) is 5.78 Å². The van der Waals surface area contributed by atoms with E-state index in [0.29, 0.717) is 52.7 Å². The molecule has 0 spiro atoms. The van der Waals surface area contributed by atoms with Crippen LogP contribution in [-0.2, 0) is 14.9 Å². The van der Waals surface area contributed by atoms with Crippen molar-refractivity contribution in [3.8, 4) is 0 Å². The third-order valence-electron chi connectivity index (χ3n) is 4.41. The second kappa shape index (κ2) is 9.83. The number of carbonyl (C=O) groups excluding carboxylic acids is 1. The van der Waals surface area contributed by atoms with E-state index in [0.717, 1.165) is 0 Å². The van der Waals surface area contributed by atoms with Crippen molar-refractivity contribution in [2.75, 3.05) is 46.2 Å². The van der Waals surface area contributed by atoms with E-state index in [1.54, 1.807) is 0 Å². The summed E-state index contributed by atoms with van der Waals surface area (Å²) in [6, 6.07) is 1.54. The van der Waals surface area contributed by atoms with Gasteiger partial charge in [0.25, 0.3) is 0 Å². The molecule has 0 fully saturated rings. The quantitative estimate of drug-likeness (QED) is 0.227. The molecular formula is C17H22Cl3NO5S2. The topological polar surface area (TPSA) is 83.5 Å². The summed E-state index contributed by atoms with van der Waals surface area (Å²) >= 11 is 19.8. The Kier molecular flexibility index (Phi) is 8.50. The number of Topliss-reactive ketones (excluding diaryl/α,β-unsaturated/α-hetero) is 1. The molecule has 28 heavy (non-hydrogen) atoms. The van der Waals surface area contributed by atoms with Crippen LogP contribution in [0.2, 0.25) is 15.1 Å². The van der Waals surface area contributed by atoms with E-state index in [2.05, 4.69) is 0 Å². The van der Waals surface area contributed by atoms with Crippen molar-refractivity contribution in [2.45, 2.75) is 23.0 Å². The number of likely N-dealkylation sites (N-methyl/N-ethyl adjacent to an activating group) is 1. The first-order valence-electron chi connectivity index (χ1n) is 8.60. The molecule has 0 aromatic heterocycles. The summed E-state index contributed by atoms with van der Waals surface area (Å²) in [5.41, 5.74) is 0.381. The van der Waals surface area contributed by atoms with Crippen LogP contribution in [0, 0.1) is 0 Å². The summed E-state index contributed by atoms with van der Waals surface area (Å²) in [6.45, 7) is 2.04. The predicted octanol–water partition coefficient (Wildman–Crippen LogP) is 3.72. The van der Waals surface area contributed by atoms with E-state index < -0.39 is 10.1 Å². The lowest BCUT2D eigenvalue weighted by atomic mass is 10.1. The van der Waals surface area contributed by atoms with Crippen LogP contribution in [0.25, 0.3) is 0 Å². The molecule has 0 N–H and O–H groups in total. The van der Waals surface area contributed by atoms with Crippen molar-refractivity contribution in [3.63, 3.8) is 0 Å². The molecule has 11 heteroatoms. The van der Waals surface area contributed by atoms with Gasteiger partial charge < -0.3 is 13.8 Å². The highest BCUT2D eigenvalue weighted by molar-refractivity contribution is 8.00. The number of rotatable bonds is 9. The van der Waals surface area contributed by atoms with E-state index in [-0.39, 0.29) is 33.3 Å². The van der Waals surface area contributed by atoms with Crippen molar-refractivity contribution in [1.29, 1.82) is 0 Å². The highest BCUT2D eigenvalue weighted by Gasteiger charge is 2.31. The zero-order chi connectivity index (χ0) is 21.1. The Morgan fingerprint density at radius 1 is 1.25 bits per heavy atom. The van der Waals surface area contributed by atoms with Crippen molar-refractivity contribution >= 4 is 62.5 Å². The van der Waals surface area contributed by atoms with E-state index in [1.807, 2.05) is 14.1 Å². The molecule has 1 unspecified atom stereocenters. The molecule has 0 radical (unpaired) electrons. The number of hydrogen-bond acceptors (Lipinski definition) is 6. The molecule has 1 aliphatic heterocycles. The van der Waals surface area contributed by atoms with Gasteiger partial charge in [0.1, 0.15) is 6.54 Å². The van der Waals surface area contributed by atoms with Gasteiger partial charge in [-0.25, -0.2) is 8.42 Å². The molecule has 2 rings (SSSR count). The van der Waals surface area contributed by atoms with E-state index in [9.17, 15) is 17.8 Å². The number of ketones is 1. The third kappa shape index (κ3) is 7.02. The number of nitrogens with zero attached hydrogens (tertiary/aromatic N) is 1. The maximum Gasteiger partial charge on any atom is 0.166 e. The van der Waals surface area contributed by atoms with Crippen LogP contribution in [0.5, 0.6) is 0 Å². The molecule has 0 bridgehead atoms. The van der Waals surface area contributed by atoms with Crippen LogP contribution in [0.1, 0.15) is 23.2 Å². The second-order valence-electron chi connectivity index (χ2n) is 7.30. The normalized spacial score (nSPS) is 17.6. The fourth-order valence-electron chi connectivity index (χ4n) is 2.86. The average Bonchev–Trinajstić information content (AvgIpc) is 2.55. The predicted molar refractivity (Wildman–Crippen MR) is 112 cm³/mol. The maximum atomic E-state index is 12.5. The summed E-state index contributed by atoms with van der Waals surface area (Å²) in [6.07, 6.45) is 0.595. The largest absolute Gasteiger partial charge is 0.748 e. The third-order valence-corrected chi connectivity index (χ3v) is 7.69. The van der Waals surface area contributed by atoms with Crippen molar-refractivity contribution in [3.05, 3.63) is 26.7 Å². The molecule has 0 amide bonds. The van der Waals surface area contributed by atoms with E-state index in [1.165, 1.54) is 17.8 Å². The minimum Gasteiger partial charge on any atom is -0.748 e. The summed E-state index contributed by atoms with van der Waals surface area (Å²) in [5.74, 6) is -0.463. The smallest absolute Gasteiger partial charge is 0.166 e. The van der Waals surface area contributed by atoms with Crippen molar-refractivity contribution in [1.82, 2.24) is 0 Å². The molecule has 1 atom stereocenters. The molecular weight excluding hydrogens is 469 g/mol. The molecule has 0 saturated carbocycles. The van der Waals surface area contributed by atoms with Crippen LogP contribution < -0.4 is 0 Å². The minimum atomic E-state index is -4.18. The Balaban J connectivity index is 1.83. The SMILES string of the molecule is C[N+](C)(CCCS(=O)(=O)[O-])CCOCC1CC(=O)c2c(Cl)c(Cl)cc(Cl)c2S1. The second-order valence-corrected chi connectivity index (χ2v) is 11.3. The number of carbonyl (C=O) groups is 1. The molecule has 0 saturated heterocycles. The number of quaternary nitrogens is 1. The zero-order valence-corrected chi connectivity index (χ0v) is 19.4. The van der Waals surface area contributed by atoms with Gasteiger partial charge in [0.2, 0.25) is 0 Å². The van der Waals surface area contributed by atoms with Crippen molar-refractivity contribution < 1.29 is 27.0 Å². The molecule has 0 aliphatic carbocycles. The highest BCUT2D eigenvalue weighted by Crippen LogP contribution is 2.45. The molecule has 158 valence electrons. The van der Waals surface area contributed by atoms with Gasteiger partial charge in [-0.2, -0.15) is 0 Å². The summed E-state index contributed by atoms with van der Waals surface area (Å²) < 4.78 is 38.3. The number of halogens is 3. The van der Waals surface area contributed by atoms with Gasteiger partial charge in [0.05, 0.1) is 64.6 Å². The van der Waals surface area contributed by atoms with Crippen LogP contribution in [0.15, 0.2) is 11.0 Å². The molecule has 1 aromatic carbocycles. The van der Waals surface area contributed by atoms with E-state index in [4.69, 9.17) is 39.5 Å². The van der Waals surface area contributed by atoms with Gasteiger partial charge in [-0.15, -0.1) is 11.8 Å². The number of thioether (sulfide) groups is 1. The van der Waals surface area contributed by atoms with Crippen LogP contribution in [0.3, 0.4) is 0 Å². The van der Waals surface area contributed by atoms with Crippen molar-refractivity contribution in [2.24, 2.45) is 0 Å². The number of hydrogen-bond donors (Lipinski definition) is 0. The number of ether oxygens (including phenoxy) is 1. The Bertz CT molecular complexity index is 846. The summed E-state index contributed by atoms with van der Waals surface area (Å²) in [7, 11) is -0.288. The molecule has 1 aliphatic rings. The Morgan fingerprint density at radius 3 is 2.57 bits per heavy atom. The van der Waals surface area contributed by atoms with Crippen LogP contribution >= 0.6 is 46.6 Å². The lowest BCUT2D eigenvalue weighted by Crippen LogP contribution is -2.43. The van der Waals surface area contributed by atoms with Crippen LogP contribution in [-0.4, -0.2) is 74.6 Å². The fourth-order valence-corrected chi connectivity index (χ4v) is 5.49. The summed E-state index contributed by atoms with van der Waals surface area (Å²) in [4.78, 5) is 13.1. The zero-order valence-electron chi connectivity index (χ0n) is 15.5. The Hall–Kier alpha value is -0.0600. The maximum absolute atomic E-state index is 12.5. The van der Waals surface area contributed by atoms with Gasteiger partial charge >= 0.3 is 0 Å². The summed E-state index contributed by atoms with van der Waals surface area (Å²) in [5, 5.41) is 0.825. The van der Waals surface area contributed by atoms with Crippen LogP contribution in [0.4, 0.5) is 0 Å². The minimum absolute atomic E-state index is 0.0732. The Morgan fingerprint density at radius 2 is 1.93 bits per heavy atom. The van der Waals surface area contributed by atoms with Gasteiger partial charge in [-0.1, -0.05) is 34.8 Å². The number of fused-ring (bicyclic) bond motifs is 1. The first kappa shape index (κ1) is 24.2. The van der Waals surface area contributed by atoms with Gasteiger partial charge in [0, 0.05) is 28.7 Å². The first-order valence-corrected chi connectivity index (χ1v) is 12.2. The lowest BCUT2D eigenvalue weighted by molar-refractivity contribution is -0.890. The molecule has 6 nitrogen and oxygen atoms in total. The van der Waals surface area contributed by atoms with E-state index >= 15 is 0 Å². The molecule has 1 heterocycles. The molecule has 1 aromatic rings. The first-order chi connectivity index (χ1) is 12.9. The fraction of sp³-hybridized carbons (Fsp3) is 0.588. The lowest BCUT2D eigenvalue weighted by Gasteiger charge is -2.30. The van der Waals surface area contributed by atoms with Gasteiger partial charge in [-0.05, 0) is 6.07 Å². The monoisotopic (exact) mass is 489 g/mol. The van der Waals surface area contributed by atoms with Gasteiger partial charge in [-0.3, -0.25) is 4.79 Å².